The molecule has 7 heteroatoms. The molecule has 0 bridgehead atoms. The Morgan fingerprint density at radius 1 is 1.25 bits per heavy atom. The first-order valence-corrected chi connectivity index (χ1v) is 11.4. The van der Waals surface area contributed by atoms with Gasteiger partial charge in [0, 0.05) is 13.7 Å². The van der Waals surface area contributed by atoms with Crippen molar-refractivity contribution in [2.24, 2.45) is 5.92 Å². The van der Waals surface area contributed by atoms with E-state index >= 15 is 0 Å². The molecule has 3 aliphatic rings. The number of benzene rings is 1. The van der Waals surface area contributed by atoms with E-state index in [2.05, 4.69) is 32.2 Å². The summed E-state index contributed by atoms with van der Waals surface area (Å²) in [5.74, 6) is 0.797. The Kier molecular flexibility index (Phi) is 6.52. The molecule has 1 aliphatic carbocycles. The normalized spacial score (nSPS) is 35.2. The van der Waals surface area contributed by atoms with Crippen LogP contribution >= 0.6 is 0 Å². The predicted octanol–water partition coefficient (Wildman–Crippen LogP) is 4.00. The largest absolute Gasteiger partial charge is 0.497 e. The number of carbonyl (C=O) groups is 1. The second-order valence-corrected chi connectivity index (χ2v) is 9.52. The highest BCUT2D eigenvalue weighted by atomic mass is 16.6. The van der Waals surface area contributed by atoms with Crippen molar-refractivity contribution in [3.05, 3.63) is 41.5 Å². The Bertz CT molecular complexity index is 844. The van der Waals surface area contributed by atoms with Gasteiger partial charge in [-0.3, -0.25) is 0 Å². The molecule has 1 aromatic carbocycles. The van der Waals surface area contributed by atoms with Crippen molar-refractivity contribution >= 4 is 6.09 Å². The average molecular weight is 446 g/mol. The molecule has 1 amide bonds. The second-order valence-electron chi connectivity index (χ2n) is 9.52. The lowest BCUT2D eigenvalue weighted by atomic mass is 9.68. The highest BCUT2D eigenvalue weighted by Crippen LogP contribution is 2.59. The lowest BCUT2D eigenvalue weighted by molar-refractivity contribution is -0.118. The summed E-state index contributed by atoms with van der Waals surface area (Å²) in [4.78, 5) is 12.6. The highest BCUT2D eigenvalue weighted by molar-refractivity contribution is 5.67. The molecule has 1 saturated carbocycles. The van der Waals surface area contributed by atoms with E-state index in [1.165, 1.54) is 5.57 Å². The molecule has 2 heterocycles. The molecule has 3 fully saturated rings. The van der Waals surface area contributed by atoms with Crippen molar-refractivity contribution in [1.82, 2.24) is 5.32 Å². The summed E-state index contributed by atoms with van der Waals surface area (Å²) in [7, 11) is 3.31. The van der Waals surface area contributed by atoms with Gasteiger partial charge in [-0.05, 0) is 57.7 Å². The van der Waals surface area contributed by atoms with Crippen LogP contribution in [0, 0.1) is 5.92 Å². The molecule has 2 saturated heterocycles. The first kappa shape index (κ1) is 23.1. The third kappa shape index (κ3) is 4.65. The first-order chi connectivity index (χ1) is 15.3. The molecule has 6 atom stereocenters. The maximum atomic E-state index is 12.6. The fourth-order valence-electron chi connectivity index (χ4n) is 5.17. The van der Waals surface area contributed by atoms with Crippen LogP contribution in [0.15, 0.2) is 35.9 Å². The van der Waals surface area contributed by atoms with E-state index in [0.29, 0.717) is 19.6 Å². The highest BCUT2D eigenvalue weighted by Gasteiger charge is 2.72. The zero-order valence-electron chi connectivity index (χ0n) is 19.7. The third-order valence-electron chi connectivity index (χ3n) is 7.09. The Morgan fingerprint density at radius 3 is 2.56 bits per heavy atom. The van der Waals surface area contributed by atoms with Gasteiger partial charge in [-0.25, -0.2) is 4.79 Å². The Hall–Kier alpha value is -2.09. The smallest absolute Gasteiger partial charge is 0.407 e. The SMILES string of the molecule is COc1ccc(CNC(=O)O[C@@H]2CC[C@]3(CO3)[C@@H]([C@@]3(C)O[C@@H]3CC=C(C)C)[C@@H]2OC)cc1. The van der Waals surface area contributed by atoms with E-state index in [-0.39, 0.29) is 35.4 Å². The number of rotatable bonds is 8. The summed E-state index contributed by atoms with van der Waals surface area (Å²) in [6.45, 7) is 7.43. The van der Waals surface area contributed by atoms with Crippen molar-refractivity contribution in [3.8, 4) is 5.75 Å². The number of epoxide rings is 2. The summed E-state index contributed by atoms with van der Waals surface area (Å²) in [6.07, 6.45) is 3.69. The van der Waals surface area contributed by atoms with Crippen molar-refractivity contribution < 1.29 is 28.5 Å². The van der Waals surface area contributed by atoms with Crippen LogP contribution < -0.4 is 10.1 Å². The van der Waals surface area contributed by atoms with Crippen LogP contribution in [-0.2, 0) is 25.5 Å². The molecule has 1 N–H and O–H groups in total. The summed E-state index contributed by atoms with van der Waals surface area (Å²) in [5, 5.41) is 2.85. The van der Waals surface area contributed by atoms with E-state index in [1.54, 1.807) is 14.2 Å². The van der Waals surface area contributed by atoms with Crippen molar-refractivity contribution in [2.45, 2.75) is 76.1 Å². The molecule has 176 valence electrons. The van der Waals surface area contributed by atoms with Gasteiger partial charge in [0.05, 0.1) is 25.7 Å². The summed E-state index contributed by atoms with van der Waals surface area (Å²) < 4.78 is 29.1. The Labute approximate surface area is 190 Å². The van der Waals surface area contributed by atoms with Gasteiger partial charge in [0.1, 0.15) is 29.2 Å². The van der Waals surface area contributed by atoms with Gasteiger partial charge >= 0.3 is 6.09 Å². The van der Waals surface area contributed by atoms with Crippen molar-refractivity contribution in [2.75, 3.05) is 20.8 Å². The molecule has 1 spiro atoms. The fraction of sp³-hybridized carbons (Fsp3) is 0.640. The van der Waals surface area contributed by atoms with Crippen molar-refractivity contribution in [1.29, 1.82) is 0 Å². The number of carbonyl (C=O) groups excluding carboxylic acids is 1. The van der Waals surface area contributed by atoms with Crippen LogP contribution in [0.4, 0.5) is 4.79 Å². The van der Waals surface area contributed by atoms with E-state index in [1.807, 2.05) is 24.3 Å². The molecular weight excluding hydrogens is 410 g/mol. The number of methoxy groups -OCH3 is 2. The number of alkyl carbamates (subject to hydrolysis) is 1. The van der Waals surface area contributed by atoms with Gasteiger partial charge in [-0.1, -0.05) is 23.8 Å². The van der Waals surface area contributed by atoms with Gasteiger partial charge < -0.3 is 29.0 Å². The zero-order chi connectivity index (χ0) is 22.9. The molecule has 2 aliphatic heterocycles. The molecule has 4 rings (SSSR count). The summed E-state index contributed by atoms with van der Waals surface area (Å²) in [6, 6.07) is 7.57. The second kappa shape index (κ2) is 9.04. The third-order valence-corrected chi connectivity index (χ3v) is 7.09. The molecule has 7 nitrogen and oxygen atoms in total. The maximum absolute atomic E-state index is 12.6. The number of ether oxygens (including phenoxy) is 5. The standard InChI is InChI=1S/C25H35NO6/c1-16(2)6-11-20-24(3,32-20)22-21(29-5)19(12-13-25(22)15-30-25)31-23(27)26-14-17-7-9-18(28-4)10-8-17/h6-10,19-22H,11-15H2,1-5H3,(H,26,27)/t19-,20-,21-,22-,24+,25+/m1/s1. The van der Waals surface area contributed by atoms with Gasteiger partial charge in [0.15, 0.2) is 0 Å². The summed E-state index contributed by atoms with van der Waals surface area (Å²) >= 11 is 0. The van der Waals surface area contributed by atoms with E-state index < -0.39 is 6.09 Å². The zero-order valence-corrected chi connectivity index (χ0v) is 19.7. The molecule has 0 radical (unpaired) electrons. The van der Waals surface area contributed by atoms with Gasteiger partial charge in [0.2, 0.25) is 0 Å². The topological polar surface area (TPSA) is 81.9 Å². The maximum Gasteiger partial charge on any atom is 0.407 e. The van der Waals surface area contributed by atoms with Gasteiger partial charge in [-0.15, -0.1) is 0 Å². The number of amides is 1. The molecule has 0 unspecified atom stereocenters. The number of hydrogen-bond donors (Lipinski definition) is 1. The Morgan fingerprint density at radius 2 is 1.97 bits per heavy atom. The van der Waals surface area contributed by atoms with Crippen LogP contribution in [0.2, 0.25) is 0 Å². The van der Waals surface area contributed by atoms with Crippen LogP contribution in [0.5, 0.6) is 5.75 Å². The molecular formula is C25H35NO6. The fourth-order valence-corrected chi connectivity index (χ4v) is 5.17. The molecule has 1 aromatic rings. The number of hydrogen-bond acceptors (Lipinski definition) is 6. The van der Waals surface area contributed by atoms with E-state index in [4.69, 9.17) is 23.7 Å². The lowest BCUT2D eigenvalue weighted by Crippen LogP contribution is -2.56. The summed E-state index contributed by atoms with van der Waals surface area (Å²) in [5.41, 5.74) is 1.68. The van der Waals surface area contributed by atoms with E-state index in [0.717, 1.165) is 24.2 Å². The minimum atomic E-state index is -0.442. The van der Waals surface area contributed by atoms with Crippen LogP contribution in [-0.4, -0.2) is 56.4 Å². The lowest BCUT2D eigenvalue weighted by Gasteiger charge is -2.42. The predicted molar refractivity (Wildman–Crippen MR) is 120 cm³/mol. The number of nitrogens with one attached hydrogen (secondary N) is 1. The first-order valence-electron chi connectivity index (χ1n) is 11.4. The quantitative estimate of drug-likeness (QED) is 0.481. The Balaban J connectivity index is 1.39. The molecule has 0 aromatic heterocycles. The number of allylic oxidation sites excluding steroid dienone is 1. The van der Waals surface area contributed by atoms with Gasteiger partial charge in [0.25, 0.3) is 0 Å². The average Bonchev–Trinajstić information content (AvgIpc) is 3.69. The monoisotopic (exact) mass is 445 g/mol. The minimum absolute atomic E-state index is 0.0173. The van der Waals surface area contributed by atoms with E-state index in [9.17, 15) is 4.79 Å². The van der Waals surface area contributed by atoms with Crippen molar-refractivity contribution in [3.63, 3.8) is 0 Å². The van der Waals surface area contributed by atoms with Crippen LogP contribution in [0.25, 0.3) is 0 Å². The van der Waals surface area contributed by atoms with Crippen LogP contribution in [0.3, 0.4) is 0 Å². The molecule has 32 heavy (non-hydrogen) atoms. The minimum Gasteiger partial charge on any atom is -0.497 e. The van der Waals surface area contributed by atoms with Gasteiger partial charge in [-0.2, -0.15) is 0 Å². The van der Waals surface area contributed by atoms with Crippen LogP contribution in [0.1, 0.15) is 45.6 Å².